The molecule has 0 aromatic heterocycles. The number of fused-ring (bicyclic) bond motifs is 9. The zero-order valence-corrected chi connectivity index (χ0v) is 17.9. The number of rotatable bonds is 6. The SMILES string of the molecule is CCOCOC(CC1(F)C2CC(C3C4CC(C(C)C4C)C32)C1(F)F)(C(F)(F)F)C(F)(F)F. The van der Waals surface area contributed by atoms with Crippen molar-refractivity contribution in [3.8, 4) is 0 Å². The van der Waals surface area contributed by atoms with Crippen molar-refractivity contribution in [2.75, 3.05) is 13.4 Å². The molecule has 4 saturated carbocycles. The van der Waals surface area contributed by atoms with Crippen LogP contribution >= 0.6 is 0 Å². The summed E-state index contributed by atoms with van der Waals surface area (Å²) >= 11 is 0. The molecule has 0 saturated heterocycles. The molecule has 0 aromatic rings. The minimum atomic E-state index is -6.17. The van der Waals surface area contributed by atoms with E-state index in [1.54, 1.807) is 0 Å². The van der Waals surface area contributed by atoms with Crippen LogP contribution in [0.2, 0.25) is 0 Å². The van der Waals surface area contributed by atoms with Gasteiger partial charge < -0.3 is 9.47 Å². The molecular formula is C21H27F9O2. The molecule has 0 aliphatic heterocycles. The van der Waals surface area contributed by atoms with E-state index in [0.717, 1.165) is 0 Å². The molecule has 11 heteroatoms. The quantitative estimate of drug-likeness (QED) is 0.189. The van der Waals surface area contributed by atoms with Crippen molar-refractivity contribution >= 4 is 0 Å². The van der Waals surface area contributed by atoms with E-state index in [-0.39, 0.29) is 30.3 Å². The molecule has 0 aromatic carbocycles. The van der Waals surface area contributed by atoms with Crippen molar-refractivity contribution in [2.24, 2.45) is 47.3 Å². The van der Waals surface area contributed by atoms with Crippen LogP contribution in [0.3, 0.4) is 0 Å². The highest BCUT2D eigenvalue weighted by molar-refractivity contribution is 5.26. The topological polar surface area (TPSA) is 18.5 Å². The third-order valence-electron chi connectivity index (χ3n) is 9.22. The van der Waals surface area contributed by atoms with Crippen LogP contribution in [0.5, 0.6) is 0 Å². The van der Waals surface area contributed by atoms with Crippen molar-refractivity contribution in [1.29, 1.82) is 0 Å². The van der Waals surface area contributed by atoms with Gasteiger partial charge in [-0.2, -0.15) is 26.3 Å². The summed E-state index contributed by atoms with van der Waals surface area (Å²) in [6, 6.07) is 0. The summed E-state index contributed by atoms with van der Waals surface area (Å²) < 4.78 is 139. The Labute approximate surface area is 180 Å². The maximum absolute atomic E-state index is 16.2. The van der Waals surface area contributed by atoms with Crippen LogP contribution in [0.15, 0.2) is 0 Å². The fraction of sp³-hybridized carbons (Fsp3) is 1.00. The van der Waals surface area contributed by atoms with E-state index in [1.807, 2.05) is 13.8 Å². The summed E-state index contributed by atoms with van der Waals surface area (Å²) in [6.45, 7) is 3.42. The van der Waals surface area contributed by atoms with E-state index in [0.29, 0.717) is 6.42 Å². The van der Waals surface area contributed by atoms with Crippen molar-refractivity contribution < 1.29 is 49.0 Å². The van der Waals surface area contributed by atoms with Crippen LogP contribution in [0.4, 0.5) is 39.5 Å². The molecule has 4 rings (SSSR count). The molecule has 4 aliphatic carbocycles. The highest BCUT2D eigenvalue weighted by atomic mass is 19.4. The van der Waals surface area contributed by atoms with Crippen LogP contribution in [0.1, 0.15) is 40.0 Å². The van der Waals surface area contributed by atoms with Crippen molar-refractivity contribution in [3.05, 3.63) is 0 Å². The predicted octanol–water partition coefficient (Wildman–Crippen LogP) is 6.40. The second-order valence-electron chi connectivity index (χ2n) is 10.1. The van der Waals surface area contributed by atoms with Gasteiger partial charge in [0.1, 0.15) is 6.79 Å². The molecule has 2 nitrogen and oxygen atoms in total. The average molecular weight is 482 g/mol. The monoisotopic (exact) mass is 482 g/mol. The molecule has 9 unspecified atom stereocenters. The highest BCUT2D eigenvalue weighted by Gasteiger charge is 2.85. The van der Waals surface area contributed by atoms with Gasteiger partial charge in [0.25, 0.3) is 11.5 Å². The van der Waals surface area contributed by atoms with Crippen LogP contribution in [0.25, 0.3) is 0 Å². The van der Waals surface area contributed by atoms with E-state index in [1.165, 1.54) is 6.92 Å². The Hall–Kier alpha value is -0.710. The lowest BCUT2D eigenvalue weighted by Gasteiger charge is -2.51. The summed E-state index contributed by atoms with van der Waals surface area (Å²) in [6.07, 6.45) is -14.7. The molecule has 0 spiro atoms. The number of halogens is 9. The average Bonchev–Trinajstić information content (AvgIpc) is 3.33. The van der Waals surface area contributed by atoms with E-state index in [9.17, 15) is 26.3 Å². The molecule has 0 amide bonds. The second-order valence-corrected chi connectivity index (χ2v) is 10.1. The molecule has 0 N–H and O–H groups in total. The van der Waals surface area contributed by atoms with Gasteiger partial charge in [-0.3, -0.25) is 0 Å². The first kappa shape index (κ1) is 24.4. The van der Waals surface area contributed by atoms with Crippen LogP contribution in [0, 0.1) is 47.3 Å². The Balaban J connectivity index is 1.74. The minimum Gasteiger partial charge on any atom is -0.356 e. The van der Waals surface area contributed by atoms with Gasteiger partial charge in [-0.15, -0.1) is 0 Å². The maximum atomic E-state index is 16.2. The standard InChI is InChI=1S/C21H27F9O2/c1-4-31-8-32-18(20(25,26)27,21(28,29)30)7-17(22)13-6-14(19(17,23)24)16-12-5-11(15(13)16)9(2)10(12)3/h9-16H,4-8H2,1-3H3. The van der Waals surface area contributed by atoms with E-state index >= 15 is 13.2 Å². The lowest BCUT2D eigenvalue weighted by atomic mass is 9.59. The van der Waals surface area contributed by atoms with E-state index in [4.69, 9.17) is 0 Å². The second kappa shape index (κ2) is 7.15. The van der Waals surface area contributed by atoms with Crippen molar-refractivity contribution in [2.45, 2.75) is 69.6 Å². The molecule has 4 aliphatic rings. The van der Waals surface area contributed by atoms with Crippen LogP contribution < -0.4 is 0 Å². The lowest BCUT2D eigenvalue weighted by Crippen LogP contribution is -2.67. The first-order chi connectivity index (χ1) is 14.5. The Morgan fingerprint density at radius 2 is 1.31 bits per heavy atom. The summed E-state index contributed by atoms with van der Waals surface area (Å²) in [5.74, 6) is -8.74. The van der Waals surface area contributed by atoms with Crippen LogP contribution in [-0.4, -0.2) is 42.9 Å². The first-order valence-electron chi connectivity index (χ1n) is 11.0. The first-order valence-corrected chi connectivity index (χ1v) is 11.0. The van der Waals surface area contributed by atoms with Crippen molar-refractivity contribution in [3.63, 3.8) is 0 Å². The minimum absolute atomic E-state index is 0.0580. The Morgan fingerprint density at radius 1 is 0.812 bits per heavy atom. The van der Waals surface area contributed by atoms with Gasteiger partial charge in [0.15, 0.2) is 5.67 Å². The molecule has 186 valence electrons. The molecule has 0 radical (unpaired) electrons. The Bertz CT molecular complexity index is 722. The van der Waals surface area contributed by atoms with Gasteiger partial charge in [-0.05, 0) is 55.3 Å². The maximum Gasteiger partial charge on any atom is 0.426 e. The summed E-state index contributed by atoms with van der Waals surface area (Å²) in [4.78, 5) is 0. The lowest BCUT2D eigenvalue weighted by molar-refractivity contribution is -0.407. The molecular weight excluding hydrogens is 455 g/mol. The molecule has 4 bridgehead atoms. The summed E-state index contributed by atoms with van der Waals surface area (Å²) in [5, 5.41) is 0. The molecule has 4 fully saturated rings. The van der Waals surface area contributed by atoms with Crippen molar-refractivity contribution in [1.82, 2.24) is 0 Å². The molecule has 9 atom stereocenters. The van der Waals surface area contributed by atoms with Crippen LogP contribution in [-0.2, 0) is 9.47 Å². The molecule has 0 heterocycles. The largest absolute Gasteiger partial charge is 0.426 e. The fourth-order valence-electron chi connectivity index (χ4n) is 7.68. The number of alkyl halides is 9. The fourth-order valence-corrected chi connectivity index (χ4v) is 7.68. The van der Waals surface area contributed by atoms with Gasteiger partial charge in [0, 0.05) is 24.9 Å². The molecule has 32 heavy (non-hydrogen) atoms. The zero-order valence-electron chi connectivity index (χ0n) is 17.9. The third-order valence-corrected chi connectivity index (χ3v) is 9.22. The summed E-state index contributed by atoms with van der Waals surface area (Å²) in [5.41, 5.74) is -9.08. The zero-order chi connectivity index (χ0) is 24.1. The van der Waals surface area contributed by atoms with E-state index < -0.39 is 72.9 Å². The smallest absolute Gasteiger partial charge is 0.356 e. The van der Waals surface area contributed by atoms with Gasteiger partial charge in [0.2, 0.25) is 0 Å². The van der Waals surface area contributed by atoms with Gasteiger partial charge in [0.05, 0.1) is 0 Å². The predicted molar refractivity (Wildman–Crippen MR) is 94.3 cm³/mol. The van der Waals surface area contributed by atoms with E-state index in [2.05, 4.69) is 9.47 Å². The number of ether oxygens (including phenoxy) is 2. The van der Waals surface area contributed by atoms with Gasteiger partial charge in [-0.25, -0.2) is 13.2 Å². The normalized spacial score (nSPS) is 45.0. The number of hydrogen-bond acceptors (Lipinski definition) is 2. The van der Waals surface area contributed by atoms with Gasteiger partial charge in [-0.1, -0.05) is 13.8 Å². The highest BCUT2D eigenvalue weighted by Crippen LogP contribution is 2.77. The number of hydrogen-bond donors (Lipinski definition) is 0. The third kappa shape index (κ3) is 2.88. The Morgan fingerprint density at radius 3 is 1.78 bits per heavy atom. The van der Waals surface area contributed by atoms with Gasteiger partial charge >= 0.3 is 12.4 Å². The Kier molecular flexibility index (Phi) is 5.45. The summed E-state index contributed by atoms with van der Waals surface area (Å²) in [7, 11) is 0.